The molecule has 0 unspecified atom stereocenters. The Morgan fingerprint density at radius 1 is 1.06 bits per heavy atom. The van der Waals surface area contributed by atoms with Crippen molar-refractivity contribution in [2.75, 3.05) is 0 Å². The Morgan fingerprint density at radius 2 is 1.44 bits per heavy atom. The number of aryl methyl sites for hydroxylation is 3. The fourth-order valence-corrected chi connectivity index (χ4v) is 4.54. The van der Waals surface area contributed by atoms with E-state index in [1.807, 2.05) is 46.8 Å². The summed E-state index contributed by atoms with van der Waals surface area (Å²) in [5.41, 5.74) is 3.89. The van der Waals surface area contributed by atoms with Gasteiger partial charge in [0, 0.05) is 0 Å². The molecular formula is C14H23O3P. The summed E-state index contributed by atoms with van der Waals surface area (Å²) in [5, 5.41) is -1.05. The van der Waals surface area contributed by atoms with Crippen molar-refractivity contribution in [3.63, 3.8) is 0 Å². The first-order valence-corrected chi connectivity index (χ1v) is 7.94. The minimum absolute atomic E-state index is 0.443. The summed E-state index contributed by atoms with van der Waals surface area (Å²) in [6.45, 7) is 9.57. The van der Waals surface area contributed by atoms with Gasteiger partial charge in [-0.15, -0.1) is 0 Å². The maximum absolute atomic E-state index is 12.0. The Hall–Kier alpha value is -0.630. The summed E-state index contributed by atoms with van der Waals surface area (Å²) in [7, 11) is -4.20. The molecule has 0 aliphatic carbocycles. The standard InChI is InChI=1S/C14H23O3P/c1-6-14(7-2,18(15,16)17)13-11(4)8-10(3)9-12(13)5/h8-9H,6-7H2,1-5H3,(H2,15,16,17). The van der Waals surface area contributed by atoms with Gasteiger partial charge >= 0.3 is 7.60 Å². The summed E-state index contributed by atoms with van der Waals surface area (Å²) in [6, 6.07) is 4.00. The molecule has 0 amide bonds. The van der Waals surface area contributed by atoms with Gasteiger partial charge in [-0.3, -0.25) is 4.57 Å². The number of hydrogen-bond acceptors (Lipinski definition) is 1. The SMILES string of the molecule is CCC(CC)(c1c(C)cc(C)cc1C)P(=O)(O)O. The van der Waals surface area contributed by atoms with Crippen molar-refractivity contribution >= 4 is 7.60 Å². The molecule has 3 nitrogen and oxygen atoms in total. The number of benzene rings is 1. The van der Waals surface area contributed by atoms with Crippen LogP contribution in [0.5, 0.6) is 0 Å². The lowest BCUT2D eigenvalue weighted by molar-refractivity contribution is 0.314. The van der Waals surface area contributed by atoms with Gasteiger partial charge in [-0.05, 0) is 50.3 Å². The van der Waals surface area contributed by atoms with Gasteiger partial charge in [0.15, 0.2) is 0 Å². The zero-order valence-corrected chi connectivity index (χ0v) is 12.7. The Morgan fingerprint density at radius 3 is 1.72 bits per heavy atom. The van der Waals surface area contributed by atoms with Crippen LogP contribution in [0.2, 0.25) is 0 Å². The van der Waals surface area contributed by atoms with E-state index < -0.39 is 12.8 Å². The fraction of sp³-hybridized carbons (Fsp3) is 0.571. The van der Waals surface area contributed by atoms with E-state index in [2.05, 4.69) is 0 Å². The van der Waals surface area contributed by atoms with E-state index in [1.165, 1.54) is 0 Å². The highest BCUT2D eigenvalue weighted by atomic mass is 31.2. The molecule has 18 heavy (non-hydrogen) atoms. The van der Waals surface area contributed by atoms with E-state index in [1.54, 1.807) is 0 Å². The normalized spacial score (nSPS) is 12.8. The van der Waals surface area contributed by atoms with Crippen LogP contribution in [0.15, 0.2) is 12.1 Å². The highest BCUT2D eigenvalue weighted by Gasteiger charge is 2.46. The molecule has 2 N–H and O–H groups in total. The van der Waals surface area contributed by atoms with E-state index in [0.29, 0.717) is 12.8 Å². The van der Waals surface area contributed by atoms with E-state index in [0.717, 1.165) is 22.3 Å². The molecular weight excluding hydrogens is 247 g/mol. The Balaban J connectivity index is 3.64. The zero-order valence-electron chi connectivity index (χ0n) is 11.8. The molecule has 1 rings (SSSR count). The maximum Gasteiger partial charge on any atom is 0.335 e. The third-order valence-corrected chi connectivity index (χ3v) is 5.84. The lowest BCUT2D eigenvalue weighted by atomic mass is 9.85. The summed E-state index contributed by atoms with van der Waals surface area (Å²) < 4.78 is 12.0. The molecule has 0 spiro atoms. The minimum Gasteiger partial charge on any atom is -0.324 e. The Kier molecular flexibility index (Phi) is 4.42. The molecule has 0 aliphatic heterocycles. The topological polar surface area (TPSA) is 57.5 Å². The highest BCUT2D eigenvalue weighted by Crippen LogP contribution is 2.62. The van der Waals surface area contributed by atoms with Crippen LogP contribution in [0.25, 0.3) is 0 Å². The summed E-state index contributed by atoms with van der Waals surface area (Å²) in [6.07, 6.45) is 0.886. The average molecular weight is 270 g/mol. The predicted molar refractivity (Wildman–Crippen MR) is 75.0 cm³/mol. The van der Waals surface area contributed by atoms with Crippen molar-refractivity contribution in [3.05, 3.63) is 34.4 Å². The molecule has 1 aromatic carbocycles. The minimum atomic E-state index is -4.20. The molecule has 0 aliphatic rings. The van der Waals surface area contributed by atoms with Crippen LogP contribution in [0.4, 0.5) is 0 Å². The second kappa shape index (κ2) is 5.16. The fourth-order valence-electron chi connectivity index (χ4n) is 3.08. The zero-order chi connectivity index (χ0) is 14.1. The van der Waals surface area contributed by atoms with Crippen LogP contribution in [-0.2, 0) is 9.72 Å². The van der Waals surface area contributed by atoms with Crippen LogP contribution in [0.1, 0.15) is 48.9 Å². The summed E-state index contributed by atoms with van der Waals surface area (Å²) in [4.78, 5) is 19.6. The monoisotopic (exact) mass is 270 g/mol. The van der Waals surface area contributed by atoms with E-state index in [-0.39, 0.29) is 0 Å². The average Bonchev–Trinajstić information content (AvgIpc) is 2.21. The smallest absolute Gasteiger partial charge is 0.324 e. The first-order chi connectivity index (χ1) is 8.19. The van der Waals surface area contributed by atoms with Crippen molar-refractivity contribution in [3.8, 4) is 0 Å². The van der Waals surface area contributed by atoms with Crippen molar-refractivity contribution in [2.45, 2.75) is 52.6 Å². The highest BCUT2D eigenvalue weighted by molar-refractivity contribution is 7.53. The number of hydrogen-bond donors (Lipinski definition) is 2. The third-order valence-electron chi connectivity index (χ3n) is 3.87. The molecule has 4 heteroatoms. The van der Waals surface area contributed by atoms with Crippen molar-refractivity contribution < 1.29 is 14.4 Å². The van der Waals surface area contributed by atoms with Gasteiger partial charge in [-0.1, -0.05) is 31.5 Å². The van der Waals surface area contributed by atoms with Gasteiger partial charge in [0.05, 0.1) is 5.16 Å². The lowest BCUT2D eigenvalue weighted by Gasteiger charge is -2.35. The van der Waals surface area contributed by atoms with Gasteiger partial charge in [0.25, 0.3) is 0 Å². The molecule has 0 saturated heterocycles. The molecule has 0 fully saturated rings. The van der Waals surface area contributed by atoms with Crippen LogP contribution in [0.3, 0.4) is 0 Å². The lowest BCUT2D eigenvalue weighted by Crippen LogP contribution is -2.27. The largest absolute Gasteiger partial charge is 0.335 e. The van der Waals surface area contributed by atoms with Crippen LogP contribution >= 0.6 is 7.60 Å². The molecule has 0 heterocycles. The Bertz CT molecular complexity index is 461. The number of rotatable bonds is 4. The molecule has 0 radical (unpaired) electrons. The molecule has 1 aromatic rings. The van der Waals surface area contributed by atoms with E-state index in [9.17, 15) is 14.4 Å². The first-order valence-electron chi connectivity index (χ1n) is 6.33. The molecule has 0 saturated carbocycles. The molecule has 0 atom stereocenters. The second-order valence-electron chi connectivity index (χ2n) is 5.06. The molecule has 0 aromatic heterocycles. The van der Waals surface area contributed by atoms with Crippen molar-refractivity contribution in [1.82, 2.24) is 0 Å². The second-order valence-corrected chi connectivity index (χ2v) is 7.00. The molecule has 102 valence electrons. The summed E-state index contributed by atoms with van der Waals surface area (Å²) in [5.74, 6) is 0. The summed E-state index contributed by atoms with van der Waals surface area (Å²) >= 11 is 0. The van der Waals surface area contributed by atoms with Gasteiger partial charge in [0.2, 0.25) is 0 Å². The van der Waals surface area contributed by atoms with Crippen LogP contribution < -0.4 is 0 Å². The van der Waals surface area contributed by atoms with Gasteiger partial charge in [0.1, 0.15) is 0 Å². The van der Waals surface area contributed by atoms with Crippen LogP contribution in [-0.4, -0.2) is 9.79 Å². The van der Waals surface area contributed by atoms with Gasteiger partial charge in [-0.25, -0.2) is 0 Å². The maximum atomic E-state index is 12.0. The van der Waals surface area contributed by atoms with Gasteiger partial charge < -0.3 is 9.79 Å². The first kappa shape index (κ1) is 15.4. The van der Waals surface area contributed by atoms with Crippen molar-refractivity contribution in [1.29, 1.82) is 0 Å². The molecule has 0 bridgehead atoms. The quantitative estimate of drug-likeness (QED) is 0.818. The Labute approximate surface area is 109 Å². The predicted octanol–water partition coefficient (Wildman–Crippen LogP) is 3.80. The van der Waals surface area contributed by atoms with E-state index >= 15 is 0 Å². The van der Waals surface area contributed by atoms with Crippen molar-refractivity contribution in [2.24, 2.45) is 0 Å². The van der Waals surface area contributed by atoms with E-state index in [4.69, 9.17) is 0 Å². The van der Waals surface area contributed by atoms with Crippen LogP contribution in [0, 0.1) is 20.8 Å². The third kappa shape index (κ3) is 2.40. The van der Waals surface area contributed by atoms with Gasteiger partial charge in [-0.2, -0.15) is 0 Å².